The van der Waals surface area contributed by atoms with Crippen molar-refractivity contribution in [2.75, 3.05) is 4.90 Å². The summed E-state index contributed by atoms with van der Waals surface area (Å²) >= 11 is 0. The van der Waals surface area contributed by atoms with Crippen LogP contribution in [0.5, 0.6) is 0 Å². The first-order valence-electron chi connectivity index (χ1n) is 17.3. The lowest BCUT2D eigenvalue weighted by Crippen LogP contribution is -2.09. The summed E-state index contributed by atoms with van der Waals surface area (Å²) in [6.45, 7) is 0. The Kier molecular flexibility index (Phi) is 5.96. The van der Waals surface area contributed by atoms with Crippen molar-refractivity contribution in [3.63, 3.8) is 0 Å². The highest BCUT2D eigenvalue weighted by Crippen LogP contribution is 2.42. The maximum Gasteiger partial charge on any atom is 0.136 e. The van der Waals surface area contributed by atoms with Gasteiger partial charge in [-0.05, 0) is 110 Å². The number of nitrogens with zero attached hydrogens (tertiary/aromatic N) is 1. The van der Waals surface area contributed by atoms with Gasteiger partial charge in [-0.2, -0.15) is 0 Å². The zero-order valence-corrected chi connectivity index (χ0v) is 27.5. The van der Waals surface area contributed by atoms with E-state index in [1.54, 1.807) is 0 Å². The largest absolute Gasteiger partial charge is 0.456 e. The van der Waals surface area contributed by atoms with Gasteiger partial charge in [0.05, 0.1) is 0 Å². The second kappa shape index (κ2) is 10.8. The predicted molar refractivity (Wildman–Crippen MR) is 214 cm³/mol. The van der Waals surface area contributed by atoms with E-state index >= 15 is 0 Å². The minimum absolute atomic E-state index is 0.882. The van der Waals surface area contributed by atoms with Gasteiger partial charge in [-0.3, -0.25) is 0 Å². The van der Waals surface area contributed by atoms with Gasteiger partial charge in [0.1, 0.15) is 22.3 Å². The zero-order valence-electron chi connectivity index (χ0n) is 27.5. The zero-order chi connectivity index (χ0) is 33.5. The molecule has 0 aliphatic rings. The monoisotopic (exact) mass is 651 g/mol. The van der Waals surface area contributed by atoms with E-state index in [0.717, 1.165) is 66.3 Å². The molecule has 3 nitrogen and oxygen atoms in total. The van der Waals surface area contributed by atoms with E-state index in [2.05, 4.69) is 157 Å². The van der Waals surface area contributed by atoms with Gasteiger partial charge >= 0.3 is 0 Å². The lowest BCUT2D eigenvalue weighted by molar-refractivity contribution is 0.668. The van der Waals surface area contributed by atoms with Crippen LogP contribution in [0.2, 0.25) is 0 Å². The molecule has 0 saturated heterocycles. The highest BCUT2D eigenvalue weighted by Gasteiger charge is 2.18. The summed E-state index contributed by atoms with van der Waals surface area (Å²) in [5, 5.41) is 11.7. The van der Waals surface area contributed by atoms with E-state index in [4.69, 9.17) is 8.83 Å². The minimum Gasteiger partial charge on any atom is -0.456 e. The number of rotatable bonds is 4. The molecular weight excluding hydrogens is 623 g/mol. The second-order valence-corrected chi connectivity index (χ2v) is 13.3. The van der Waals surface area contributed by atoms with Crippen LogP contribution >= 0.6 is 0 Å². The van der Waals surface area contributed by atoms with Crippen molar-refractivity contribution >= 4 is 93.3 Å². The lowest BCUT2D eigenvalue weighted by atomic mass is 9.97. The summed E-state index contributed by atoms with van der Waals surface area (Å²) < 4.78 is 12.5. The Morgan fingerprint density at radius 2 is 0.824 bits per heavy atom. The molecule has 0 aliphatic carbocycles. The van der Waals surface area contributed by atoms with E-state index in [1.165, 1.54) is 38.1 Å². The van der Waals surface area contributed by atoms with Crippen molar-refractivity contribution in [3.8, 4) is 11.1 Å². The van der Waals surface area contributed by atoms with E-state index in [-0.39, 0.29) is 0 Å². The van der Waals surface area contributed by atoms with Crippen LogP contribution in [0, 0.1) is 0 Å². The van der Waals surface area contributed by atoms with Crippen molar-refractivity contribution in [1.29, 1.82) is 0 Å². The van der Waals surface area contributed by atoms with Crippen molar-refractivity contribution in [3.05, 3.63) is 176 Å². The molecule has 2 aromatic heterocycles. The van der Waals surface area contributed by atoms with Crippen LogP contribution in [0.1, 0.15) is 0 Å². The lowest BCUT2D eigenvalue weighted by Gasteiger charge is -2.26. The number of furan rings is 2. The molecule has 11 aromatic rings. The Hall–Kier alpha value is -6.84. The molecule has 0 N–H and O–H groups in total. The molecule has 0 unspecified atom stereocenters. The van der Waals surface area contributed by atoms with Gasteiger partial charge in [-0.1, -0.05) is 109 Å². The first kappa shape index (κ1) is 28.0. The number of fused-ring (bicyclic) bond motifs is 10. The standard InChI is InChI=1S/C48H29NO2/c1-2-10-37-30(8-1)9-7-13-38(37)31-18-21-34(22-19-31)49(36-24-25-47-43(28-36)39-11-3-5-14-45(39)50-47)35-23-20-32-16-17-33-26-48-44(29-42(33)41(32)27-35)40-12-4-6-15-46(40)51-48/h1-29H. The molecule has 238 valence electrons. The Bertz CT molecular complexity index is 3140. The topological polar surface area (TPSA) is 29.5 Å². The van der Waals surface area contributed by atoms with Gasteiger partial charge in [0.2, 0.25) is 0 Å². The average molecular weight is 652 g/mol. The van der Waals surface area contributed by atoms with Crippen molar-refractivity contribution < 1.29 is 8.83 Å². The highest BCUT2D eigenvalue weighted by molar-refractivity contribution is 6.17. The van der Waals surface area contributed by atoms with Crippen LogP contribution in [-0.4, -0.2) is 0 Å². The van der Waals surface area contributed by atoms with E-state index < -0.39 is 0 Å². The number of anilines is 3. The van der Waals surface area contributed by atoms with Gasteiger partial charge in [0.15, 0.2) is 0 Å². The summed E-state index contributed by atoms with van der Waals surface area (Å²) in [7, 11) is 0. The highest BCUT2D eigenvalue weighted by atomic mass is 16.3. The smallest absolute Gasteiger partial charge is 0.136 e. The van der Waals surface area contributed by atoms with Crippen molar-refractivity contribution in [1.82, 2.24) is 0 Å². The fourth-order valence-electron chi connectivity index (χ4n) is 7.97. The number of benzene rings is 9. The van der Waals surface area contributed by atoms with Crippen molar-refractivity contribution in [2.45, 2.75) is 0 Å². The normalized spacial score (nSPS) is 11.9. The van der Waals surface area contributed by atoms with Crippen LogP contribution in [0.4, 0.5) is 17.1 Å². The van der Waals surface area contributed by atoms with Crippen LogP contribution < -0.4 is 4.90 Å². The predicted octanol–water partition coefficient (Wildman–Crippen LogP) is 14.1. The fourth-order valence-corrected chi connectivity index (χ4v) is 7.97. The van der Waals surface area contributed by atoms with E-state index in [9.17, 15) is 0 Å². The summed E-state index contributed by atoms with van der Waals surface area (Å²) in [6, 6.07) is 62.8. The van der Waals surface area contributed by atoms with Crippen LogP contribution in [0.15, 0.2) is 185 Å². The summed E-state index contributed by atoms with van der Waals surface area (Å²) in [5.74, 6) is 0. The van der Waals surface area contributed by atoms with Gasteiger partial charge in [0.25, 0.3) is 0 Å². The Morgan fingerprint density at radius 3 is 1.63 bits per heavy atom. The Balaban J connectivity index is 1.12. The average Bonchev–Trinajstić information content (AvgIpc) is 3.75. The third-order valence-electron chi connectivity index (χ3n) is 10.4. The molecule has 9 aromatic carbocycles. The molecule has 0 amide bonds. The minimum atomic E-state index is 0.882. The summed E-state index contributed by atoms with van der Waals surface area (Å²) in [4.78, 5) is 2.36. The maximum atomic E-state index is 6.26. The first-order valence-corrected chi connectivity index (χ1v) is 17.3. The molecule has 11 rings (SSSR count). The maximum absolute atomic E-state index is 6.26. The number of hydrogen-bond donors (Lipinski definition) is 0. The number of para-hydroxylation sites is 2. The van der Waals surface area contributed by atoms with Gasteiger partial charge < -0.3 is 13.7 Å². The number of hydrogen-bond acceptors (Lipinski definition) is 3. The third kappa shape index (κ3) is 4.38. The first-order chi connectivity index (χ1) is 25.2. The Morgan fingerprint density at radius 1 is 0.294 bits per heavy atom. The molecular formula is C48H29NO2. The molecule has 0 aliphatic heterocycles. The molecule has 0 radical (unpaired) electrons. The van der Waals surface area contributed by atoms with Gasteiger partial charge in [-0.25, -0.2) is 0 Å². The quantitative estimate of drug-likeness (QED) is 0.177. The molecule has 0 bridgehead atoms. The molecule has 0 saturated carbocycles. The molecule has 0 atom stereocenters. The fraction of sp³-hybridized carbons (Fsp3) is 0. The van der Waals surface area contributed by atoms with E-state index in [1.807, 2.05) is 24.3 Å². The SMILES string of the molecule is c1ccc2c(-c3ccc(N(c4ccc5ccc6cc7oc8ccccc8c7cc6c5c4)c4ccc5oc6ccccc6c5c4)cc3)cccc2c1. The molecule has 3 heteroatoms. The second-order valence-electron chi connectivity index (χ2n) is 13.3. The third-order valence-corrected chi connectivity index (χ3v) is 10.4. The molecule has 0 fully saturated rings. The van der Waals surface area contributed by atoms with E-state index in [0.29, 0.717) is 0 Å². The molecule has 51 heavy (non-hydrogen) atoms. The van der Waals surface area contributed by atoms with Gasteiger partial charge in [-0.15, -0.1) is 0 Å². The van der Waals surface area contributed by atoms with Gasteiger partial charge in [0, 0.05) is 38.6 Å². The van der Waals surface area contributed by atoms with Crippen molar-refractivity contribution in [2.24, 2.45) is 0 Å². The molecule has 0 spiro atoms. The molecule has 2 heterocycles. The summed E-state index contributed by atoms with van der Waals surface area (Å²) in [6.07, 6.45) is 0. The Labute approximate surface area is 293 Å². The summed E-state index contributed by atoms with van der Waals surface area (Å²) in [5.41, 5.74) is 9.24. The van der Waals surface area contributed by atoms with Crippen LogP contribution in [-0.2, 0) is 0 Å². The van der Waals surface area contributed by atoms with Crippen LogP contribution in [0.3, 0.4) is 0 Å². The van der Waals surface area contributed by atoms with Crippen LogP contribution in [0.25, 0.3) is 87.3 Å².